The van der Waals surface area contributed by atoms with Crippen LogP contribution in [0, 0.1) is 13.8 Å². The van der Waals surface area contributed by atoms with Gasteiger partial charge < -0.3 is 24.5 Å². The fraction of sp³-hybridized carbons (Fsp3) is 0.412. The van der Waals surface area contributed by atoms with Crippen LogP contribution in [0.15, 0.2) is 33.9 Å². The number of nitrogens with one attached hydrogen (secondary N) is 3. The topological polar surface area (TPSA) is 106 Å². The van der Waals surface area contributed by atoms with Crippen LogP contribution in [-0.4, -0.2) is 48.1 Å². The molecule has 0 amide bonds. The molecule has 0 aromatic carbocycles. The van der Waals surface area contributed by atoms with E-state index in [1.165, 1.54) is 0 Å². The molecule has 2 aromatic heterocycles. The number of hydrogen-bond acceptors (Lipinski definition) is 7. The van der Waals surface area contributed by atoms with Crippen molar-refractivity contribution in [3.05, 3.63) is 41.6 Å². The van der Waals surface area contributed by atoms with E-state index in [-0.39, 0.29) is 6.54 Å². The minimum Gasteiger partial charge on any atom is -0.467 e. The van der Waals surface area contributed by atoms with Gasteiger partial charge in [0, 0.05) is 25.6 Å². The third-order valence-corrected chi connectivity index (χ3v) is 3.62. The van der Waals surface area contributed by atoms with E-state index >= 15 is 0 Å². The number of anilines is 1. The van der Waals surface area contributed by atoms with Gasteiger partial charge in [0.05, 0.1) is 19.4 Å². The van der Waals surface area contributed by atoms with Crippen molar-refractivity contribution in [2.45, 2.75) is 26.7 Å². The maximum Gasteiger partial charge on any atom is 0.229 e. The van der Waals surface area contributed by atoms with Gasteiger partial charge in [-0.3, -0.25) is 5.32 Å². The van der Waals surface area contributed by atoms with E-state index in [4.69, 9.17) is 26.1 Å². The molecule has 0 saturated heterocycles. The number of aliphatic imine (C=N–C) groups is 1. The molecule has 0 spiro atoms. The molecule has 0 aliphatic heterocycles. The first kappa shape index (κ1) is 20.7. The van der Waals surface area contributed by atoms with Gasteiger partial charge in [-0.15, -0.1) is 0 Å². The lowest BCUT2D eigenvalue weighted by Crippen LogP contribution is -2.43. The maximum atomic E-state index is 5.32. The summed E-state index contributed by atoms with van der Waals surface area (Å²) < 4.78 is 15.6. The van der Waals surface area contributed by atoms with Crippen molar-refractivity contribution < 1.29 is 13.9 Å². The minimum atomic E-state index is -0.478. The van der Waals surface area contributed by atoms with Crippen molar-refractivity contribution in [3.8, 4) is 0 Å². The predicted octanol–water partition coefficient (Wildman–Crippen LogP) is 1.74. The highest BCUT2D eigenvalue weighted by atomic mass is 32.1. The Labute approximate surface area is 163 Å². The number of methoxy groups -OCH3 is 2. The first-order chi connectivity index (χ1) is 13.0. The second-order valence-corrected chi connectivity index (χ2v) is 5.98. The Balaban J connectivity index is 2.05. The standard InChI is InChI=1S/C17H24N6O3S/c1-11-8-12(2)21-16(20-11)22-15(18-10-14(24-3)25-4)23-17(27)19-9-13-6-5-7-26-13/h5-8,14H,9-10H2,1-4H3,(H3,18,19,20,21,22,23,27). The van der Waals surface area contributed by atoms with Crippen molar-refractivity contribution in [1.29, 1.82) is 0 Å². The maximum absolute atomic E-state index is 5.32. The van der Waals surface area contributed by atoms with E-state index in [0.717, 1.165) is 17.1 Å². The zero-order chi connectivity index (χ0) is 19.6. The average molecular weight is 392 g/mol. The molecule has 2 heterocycles. The summed E-state index contributed by atoms with van der Waals surface area (Å²) in [6.07, 6.45) is 1.13. The minimum absolute atomic E-state index is 0.258. The van der Waals surface area contributed by atoms with Gasteiger partial charge in [0.15, 0.2) is 11.4 Å². The number of hydrogen-bond donors (Lipinski definition) is 3. The number of rotatable bonds is 7. The molecule has 10 heteroatoms. The zero-order valence-electron chi connectivity index (χ0n) is 15.8. The number of ether oxygens (including phenoxy) is 2. The predicted molar refractivity (Wildman–Crippen MR) is 107 cm³/mol. The molecular weight excluding hydrogens is 368 g/mol. The van der Waals surface area contributed by atoms with Gasteiger partial charge in [0.25, 0.3) is 0 Å². The molecule has 0 bridgehead atoms. The van der Waals surface area contributed by atoms with Crippen molar-refractivity contribution in [2.75, 3.05) is 26.1 Å². The van der Waals surface area contributed by atoms with Gasteiger partial charge in [-0.25, -0.2) is 15.0 Å². The normalized spacial score (nSPS) is 11.5. The van der Waals surface area contributed by atoms with E-state index in [0.29, 0.717) is 23.6 Å². The van der Waals surface area contributed by atoms with Crippen LogP contribution >= 0.6 is 12.2 Å². The van der Waals surface area contributed by atoms with Crippen molar-refractivity contribution in [3.63, 3.8) is 0 Å². The summed E-state index contributed by atoms with van der Waals surface area (Å²) in [6.45, 7) is 4.50. The van der Waals surface area contributed by atoms with Crippen LogP contribution < -0.4 is 16.0 Å². The summed E-state index contributed by atoms with van der Waals surface area (Å²) >= 11 is 5.32. The smallest absolute Gasteiger partial charge is 0.229 e. The first-order valence-electron chi connectivity index (χ1n) is 8.26. The molecule has 0 unspecified atom stereocenters. The summed E-state index contributed by atoms with van der Waals surface area (Å²) in [4.78, 5) is 13.1. The Bertz CT molecular complexity index is 742. The fourth-order valence-corrected chi connectivity index (χ4v) is 2.31. The highest BCUT2D eigenvalue weighted by Crippen LogP contribution is 2.04. The molecule has 9 nitrogen and oxygen atoms in total. The second-order valence-electron chi connectivity index (χ2n) is 5.58. The van der Waals surface area contributed by atoms with Crippen molar-refractivity contribution in [1.82, 2.24) is 20.6 Å². The first-order valence-corrected chi connectivity index (χ1v) is 8.67. The van der Waals surface area contributed by atoms with Crippen LogP contribution in [0.3, 0.4) is 0 Å². The highest BCUT2D eigenvalue weighted by molar-refractivity contribution is 7.80. The summed E-state index contributed by atoms with van der Waals surface area (Å²) in [5.41, 5.74) is 1.68. The Kier molecular flexibility index (Phi) is 8.11. The van der Waals surface area contributed by atoms with Crippen LogP contribution in [0.2, 0.25) is 0 Å². The Morgan fingerprint density at radius 1 is 1.26 bits per heavy atom. The molecule has 0 fully saturated rings. The van der Waals surface area contributed by atoms with Crippen molar-refractivity contribution >= 4 is 29.2 Å². The lowest BCUT2D eigenvalue weighted by molar-refractivity contribution is -0.0937. The lowest BCUT2D eigenvalue weighted by Gasteiger charge is -2.15. The largest absolute Gasteiger partial charge is 0.467 e. The summed E-state index contributed by atoms with van der Waals surface area (Å²) in [5, 5.41) is 9.45. The Morgan fingerprint density at radius 3 is 2.56 bits per heavy atom. The zero-order valence-corrected chi connectivity index (χ0v) is 16.6. The number of aromatic nitrogens is 2. The summed E-state index contributed by atoms with van der Waals surface area (Å²) in [5.74, 6) is 1.55. The van der Waals surface area contributed by atoms with E-state index < -0.39 is 6.29 Å². The number of nitrogens with zero attached hydrogens (tertiary/aromatic N) is 3. The molecule has 0 aliphatic carbocycles. The Morgan fingerprint density at radius 2 is 1.96 bits per heavy atom. The molecule has 0 saturated carbocycles. The molecule has 3 N–H and O–H groups in total. The molecule has 0 atom stereocenters. The summed E-state index contributed by atoms with van der Waals surface area (Å²) in [7, 11) is 3.10. The molecule has 0 aliphatic rings. The second kappa shape index (κ2) is 10.6. The molecule has 2 rings (SSSR count). The molecule has 0 radical (unpaired) electrons. The molecule has 2 aromatic rings. The third kappa shape index (κ3) is 7.29. The third-order valence-electron chi connectivity index (χ3n) is 3.37. The van der Waals surface area contributed by atoms with Crippen LogP contribution in [0.4, 0.5) is 5.95 Å². The number of furan rings is 1. The molecular formula is C17H24N6O3S. The van der Waals surface area contributed by atoms with Gasteiger partial charge in [-0.1, -0.05) is 0 Å². The van der Waals surface area contributed by atoms with E-state index in [1.807, 2.05) is 32.0 Å². The Hall–Kier alpha value is -2.56. The van der Waals surface area contributed by atoms with Gasteiger partial charge in [-0.05, 0) is 44.3 Å². The quantitative estimate of drug-likeness (QED) is 0.281. The van der Waals surface area contributed by atoms with Gasteiger partial charge in [0.2, 0.25) is 11.9 Å². The monoisotopic (exact) mass is 392 g/mol. The van der Waals surface area contributed by atoms with Crippen molar-refractivity contribution in [2.24, 2.45) is 4.99 Å². The average Bonchev–Trinajstić information content (AvgIpc) is 3.13. The summed E-state index contributed by atoms with van der Waals surface area (Å²) in [6, 6.07) is 5.56. The fourth-order valence-electron chi connectivity index (χ4n) is 2.14. The number of thiocarbonyl (C=S) groups is 1. The molecule has 27 heavy (non-hydrogen) atoms. The lowest BCUT2D eigenvalue weighted by atomic mass is 10.4. The number of aryl methyl sites for hydroxylation is 2. The van der Waals surface area contributed by atoms with E-state index in [1.54, 1.807) is 20.5 Å². The molecule has 146 valence electrons. The van der Waals surface area contributed by atoms with Gasteiger partial charge >= 0.3 is 0 Å². The van der Waals surface area contributed by atoms with E-state index in [2.05, 4.69) is 30.9 Å². The SMILES string of the molecule is COC(CN=C(NC(=S)NCc1ccco1)Nc1nc(C)cc(C)n1)OC. The van der Waals surface area contributed by atoms with Crippen LogP contribution in [0.25, 0.3) is 0 Å². The van der Waals surface area contributed by atoms with Crippen LogP contribution in [0.1, 0.15) is 17.1 Å². The van der Waals surface area contributed by atoms with E-state index in [9.17, 15) is 0 Å². The van der Waals surface area contributed by atoms with Gasteiger partial charge in [-0.2, -0.15) is 0 Å². The van der Waals surface area contributed by atoms with Crippen LogP contribution in [-0.2, 0) is 16.0 Å². The van der Waals surface area contributed by atoms with Crippen LogP contribution in [0.5, 0.6) is 0 Å². The van der Waals surface area contributed by atoms with Gasteiger partial charge in [0.1, 0.15) is 5.76 Å². The highest BCUT2D eigenvalue weighted by Gasteiger charge is 2.10. The number of guanidine groups is 1.